The van der Waals surface area contributed by atoms with Gasteiger partial charge in [-0.3, -0.25) is 0 Å². The molecule has 28 heavy (non-hydrogen) atoms. The highest BCUT2D eigenvalue weighted by Gasteiger charge is 2.10. The highest BCUT2D eigenvalue weighted by Crippen LogP contribution is 2.30. The van der Waals surface area contributed by atoms with Crippen LogP contribution in [0, 0.1) is 6.92 Å². The Morgan fingerprint density at radius 3 is 2.43 bits per heavy atom. The van der Waals surface area contributed by atoms with E-state index in [1.54, 1.807) is 14.2 Å². The van der Waals surface area contributed by atoms with Crippen molar-refractivity contribution in [1.82, 2.24) is 9.97 Å². The number of hydrogen-bond acceptors (Lipinski definition) is 7. The summed E-state index contributed by atoms with van der Waals surface area (Å²) < 4.78 is 16.4. The Bertz CT molecular complexity index is 929. The van der Waals surface area contributed by atoms with E-state index in [1.165, 1.54) is 6.33 Å². The summed E-state index contributed by atoms with van der Waals surface area (Å²) in [4.78, 5) is 8.35. The van der Waals surface area contributed by atoms with E-state index in [2.05, 4.69) is 15.3 Å². The van der Waals surface area contributed by atoms with Crippen LogP contribution in [0.2, 0.25) is 0 Å². The molecule has 0 amide bonds. The molecule has 146 valence electrons. The third kappa shape index (κ3) is 4.62. The van der Waals surface area contributed by atoms with Crippen molar-refractivity contribution in [2.24, 2.45) is 0 Å². The zero-order valence-corrected chi connectivity index (χ0v) is 16.2. The Labute approximate surface area is 164 Å². The van der Waals surface area contributed by atoms with Gasteiger partial charge < -0.3 is 25.3 Å². The minimum Gasteiger partial charge on any atom is -0.493 e. The summed E-state index contributed by atoms with van der Waals surface area (Å²) >= 11 is 0. The molecule has 0 bridgehead atoms. The van der Waals surface area contributed by atoms with Crippen LogP contribution in [0.1, 0.15) is 11.1 Å². The molecule has 1 heterocycles. The highest BCUT2D eigenvalue weighted by molar-refractivity contribution is 5.67. The molecule has 0 radical (unpaired) electrons. The van der Waals surface area contributed by atoms with E-state index in [-0.39, 0.29) is 0 Å². The maximum Gasteiger partial charge on any atom is 0.248 e. The Morgan fingerprint density at radius 1 is 0.964 bits per heavy atom. The van der Waals surface area contributed by atoms with Gasteiger partial charge in [0.1, 0.15) is 17.8 Å². The molecule has 0 fully saturated rings. The summed E-state index contributed by atoms with van der Waals surface area (Å²) in [5, 5.41) is 3.23. The first-order chi connectivity index (χ1) is 13.6. The van der Waals surface area contributed by atoms with Crippen LogP contribution in [-0.4, -0.2) is 30.7 Å². The lowest BCUT2D eigenvalue weighted by Crippen LogP contribution is -2.10. The lowest BCUT2D eigenvalue weighted by molar-refractivity contribution is 0.354. The lowest BCUT2D eigenvalue weighted by atomic mass is 10.1. The Hall–Kier alpha value is -3.48. The molecular formula is C21H24N4O3. The van der Waals surface area contributed by atoms with Crippen LogP contribution in [0.5, 0.6) is 23.1 Å². The first-order valence-corrected chi connectivity index (χ1v) is 8.90. The maximum absolute atomic E-state index is 6.18. The number of benzene rings is 2. The van der Waals surface area contributed by atoms with Crippen molar-refractivity contribution in [3.05, 3.63) is 59.9 Å². The molecule has 0 spiro atoms. The number of nitrogens with one attached hydrogen (secondary N) is 1. The number of methoxy groups -OCH3 is 2. The van der Waals surface area contributed by atoms with Gasteiger partial charge in [-0.15, -0.1) is 0 Å². The predicted octanol–water partition coefficient (Wildman–Crippen LogP) is 3.83. The van der Waals surface area contributed by atoms with E-state index in [4.69, 9.17) is 19.9 Å². The fraction of sp³-hybridized carbons (Fsp3) is 0.238. The van der Waals surface area contributed by atoms with Gasteiger partial charge in [0.2, 0.25) is 5.88 Å². The SMILES string of the molecule is COc1ccc(CCNc2ncnc(Oc3ccc(C)cc3)c2N)cc1OC. The van der Waals surface area contributed by atoms with Gasteiger partial charge in [0.25, 0.3) is 0 Å². The zero-order valence-electron chi connectivity index (χ0n) is 16.2. The standard InChI is InChI=1S/C21H24N4O3/c1-14-4-7-16(8-5-14)28-21-19(22)20(24-13-25-21)23-11-10-15-6-9-17(26-2)18(12-15)27-3/h4-9,12-13H,10-11,22H2,1-3H3,(H,23,24,25). The largest absolute Gasteiger partial charge is 0.493 e. The molecule has 0 aliphatic heterocycles. The molecule has 3 aromatic rings. The van der Waals surface area contributed by atoms with Crippen LogP contribution in [-0.2, 0) is 6.42 Å². The third-order valence-electron chi connectivity index (χ3n) is 4.24. The van der Waals surface area contributed by atoms with Gasteiger partial charge in [0, 0.05) is 6.54 Å². The van der Waals surface area contributed by atoms with Gasteiger partial charge in [-0.2, -0.15) is 4.98 Å². The summed E-state index contributed by atoms with van der Waals surface area (Å²) in [6, 6.07) is 13.5. The summed E-state index contributed by atoms with van der Waals surface area (Å²) in [6.45, 7) is 2.66. The predicted molar refractivity (Wildman–Crippen MR) is 109 cm³/mol. The lowest BCUT2D eigenvalue weighted by Gasteiger charge is -2.13. The van der Waals surface area contributed by atoms with Crippen molar-refractivity contribution in [1.29, 1.82) is 0 Å². The molecule has 3 N–H and O–H groups in total. The topological polar surface area (TPSA) is 91.5 Å². The second-order valence-electron chi connectivity index (χ2n) is 6.22. The number of nitrogens with two attached hydrogens (primary N) is 1. The van der Waals surface area contributed by atoms with Crippen molar-refractivity contribution in [2.75, 3.05) is 31.8 Å². The van der Waals surface area contributed by atoms with E-state index in [0.717, 1.165) is 17.5 Å². The highest BCUT2D eigenvalue weighted by atomic mass is 16.5. The number of anilines is 2. The van der Waals surface area contributed by atoms with E-state index in [0.29, 0.717) is 41.2 Å². The van der Waals surface area contributed by atoms with Crippen LogP contribution in [0.25, 0.3) is 0 Å². The number of nitrogens with zero attached hydrogens (tertiary/aromatic N) is 2. The number of aryl methyl sites for hydroxylation is 1. The minimum atomic E-state index is 0.326. The normalized spacial score (nSPS) is 10.4. The van der Waals surface area contributed by atoms with E-state index < -0.39 is 0 Å². The van der Waals surface area contributed by atoms with Crippen molar-refractivity contribution < 1.29 is 14.2 Å². The fourth-order valence-corrected chi connectivity index (χ4v) is 2.68. The molecule has 7 heteroatoms. The number of hydrogen-bond donors (Lipinski definition) is 2. The first-order valence-electron chi connectivity index (χ1n) is 8.90. The molecule has 0 unspecified atom stereocenters. The van der Waals surface area contributed by atoms with Crippen molar-refractivity contribution >= 4 is 11.5 Å². The summed E-state index contributed by atoms with van der Waals surface area (Å²) in [6.07, 6.45) is 2.19. The Morgan fingerprint density at radius 2 is 1.71 bits per heavy atom. The minimum absolute atomic E-state index is 0.326. The Kier molecular flexibility index (Phi) is 6.16. The smallest absolute Gasteiger partial charge is 0.248 e. The van der Waals surface area contributed by atoms with Crippen LogP contribution in [0.15, 0.2) is 48.8 Å². The Balaban J connectivity index is 1.64. The fourth-order valence-electron chi connectivity index (χ4n) is 2.68. The van der Waals surface area contributed by atoms with Crippen molar-refractivity contribution in [3.8, 4) is 23.1 Å². The van der Waals surface area contributed by atoms with Crippen LogP contribution < -0.4 is 25.3 Å². The quantitative estimate of drug-likeness (QED) is 0.613. The molecule has 0 aliphatic rings. The van der Waals surface area contributed by atoms with Crippen LogP contribution >= 0.6 is 0 Å². The molecule has 1 aromatic heterocycles. The van der Waals surface area contributed by atoms with Gasteiger partial charge in [-0.25, -0.2) is 4.98 Å². The average molecular weight is 380 g/mol. The van der Waals surface area contributed by atoms with Gasteiger partial charge in [0.15, 0.2) is 17.3 Å². The average Bonchev–Trinajstić information content (AvgIpc) is 2.72. The molecule has 2 aromatic carbocycles. The van der Waals surface area contributed by atoms with Gasteiger partial charge in [-0.05, 0) is 43.2 Å². The van der Waals surface area contributed by atoms with Gasteiger partial charge in [-0.1, -0.05) is 23.8 Å². The van der Waals surface area contributed by atoms with Crippen molar-refractivity contribution in [2.45, 2.75) is 13.3 Å². The van der Waals surface area contributed by atoms with Gasteiger partial charge in [0.05, 0.1) is 14.2 Å². The van der Waals surface area contributed by atoms with Crippen LogP contribution in [0.3, 0.4) is 0 Å². The molecular weight excluding hydrogens is 356 g/mol. The number of ether oxygens (including phenoxy) is 3. The summed E-state index contributed by atoms with van der Waals surface area (Å²) in [7, 11) is 3.24. The molecule has 3 rings (SSSR count). The van der Waals surface area contributed by atoms with Crippen LogP contribution in [0.4, 0.5) is 11.5 Å². The summed E-state index contributed by atoms with van der Waals surface area (Å²) in [5.41, 5.74) is 8.80. The van der Waals surface area contributed by atoms with E-state index in [9.17, 15) is 0 Å². The number of nitrogen functional groups attached to an aromatic ring is 1. The molecule has 0 saturated carbocycles. The van der Waals surface area contributed by atoms with E-state index in [1.807, 2.05) is 49.4 Å². The second-order valence-corrected chi connectivity index (χ2v) is 6.22. The zero-order chi connectivity index (χ0) is 19.9. The maximum atomic E-state index is 6.18. The van der Waals surface area contributed by atoms with Gasteiger partial charge >= 0.3 is 0 Å². The first kappa shape index (κ1) is 19.3. The number of aromatic nitrogens is 2. The second kappa shape index (κ2) is 8.94. The third-order valence-corrected chi connectivity index (χ3v) is 4.24. The monoisotopic (exact) mass is 380 g/mol. The molecule has 0 saturated heterocycles. The molecule has 0 atom stereocenters. The molecule has 7 nitrogen and oxygen atoms in total. The van der Waals surface area contributed by atoms with E-state index >= 15 is 0 Å². The number of rotatable bonds is 8. The van der Waals surface area contributed by atoms with Crippen molar-refractivity contribution in [3.63, 3.8) is 0 Å². The molecule has 0 aliphatic carbocycles. The summed E-state index contributed by atoms with van der Waals surface area (Å²) in [5.74, 6) is 2.95.